The Hall–Kier alpha value is -4.60. The smallest absolute Gasteiger partial charge is 0.416 e. The van der Waals surface area contributed by atoms with Crippen LogP contribution in [0, 0.1) is 0 Å². The van der Waals surface area contributed by atoms with Crippen molar-refractivity contribution < 1.29 is 37.4 Å². The molecule has 38 heavy (non-hydrogen) atoms. The molecule has 0 radical (unpaired) electrons. The molecular weight excluding hydrogens is 501 g/mol. The van der Waals surface area contributed by atoms with E-state index in [0.717, 1.165) is 12.1 Å². The monoisotopic (exact) mass is 524 g/mol. The highest BCUT2D eigenvalue weighted by Gasteiger charge is 2.30. The molecule has 1 heterocycles. The molecule has 0 atom stereocenters. The third kappa shape index (κ3) is 5.54. The standard InChI is InChI=1S/C28H23F3N2O5/c1-2-38-27(37)25-21(32-23(34)14-11-17-7-6-8-18(15-17)28(29,30)31)12-13-22-24(25)20(26(35)36)16-33(22)19-9-4-3-5-10-19/h3-10,12-13,15-16H,2,11,14H2,1H3,(H,32,34)(H,35,36). The molecule has 0 saturated carbocycles. The van der Waals surface area contributed by atoms with Gasteiger partial charge in [-0.05, 0) is 49.2 Å². The molecule has 7 nitrogen and oxygen atoms in total. The number of benzene rings is 3. The van der Waals surface area contributed by atoms with Crippen LogP contribution >= 0.6 is 0 Å². The van der Waals surface area contributed by atoms with E-state index in [0.29, 0.717) is 16.8 Å². The number of carbonyl (C=O) groups is 3. The number of nitrogens with one attached hydrogen (secondary N) is 1. The second kappa shape index (κ2) is 10.8. The zero-order chi connectivity index (χ0) is 27.4. The third-order valence-electron chi connectivity index (χ3n) is 5.88. The minimum absolute atomic E-state index is 0.0138. The van der Waals surface area contributed by atoms with E-state index < -0.39 is 29.6 Å². The van der Waals surface area contributed by atoms with Gasteiger partial charge in [-0.3, -0.25) is 4.79 Å². The van der Waals surface area contributed by atoms with Crippen molar-refractivity contribution >= 4 is 34.4 Å². The molecule has 0 saturated heterocycles. The summed E-state index contributed by atoms with van der Waals surface area (Å²) in [5.74, 6) is -2.66. The molecule has 3 aromatic carbocycles. The zero-order valence-corrected chi connectivity index (χ0v) is 20.2. The van der Waals surface area contributed by atoms with Crippen LogP contribution in [-0.2, 0) is 22.1 Å². The normalized spacial score (nSPS) is 11.4. The molecule has 10 heteroatoms. The lowest BCUT2D eigenvalue weighted by molar-refractivity contribution is -0.137. The van der Waals surface area contributed by atoms with Crippen LogP contribution in [0.15, 0.2) is 72.9 Å². The highest BCUT2D eigenvalue weighted by molar-refractivity contribution is 6.17. The molecule has 0 unspecified atom stereocenters. The average Bonchev–Trinajstić information content (AvgIpc) is 3.28. The first kappa shape index (κ1) is 26.5. The van der Waals surface area contributed by atoms with Crippen LogP contribution in [0.3, 0.4) is 0 Å². The van der Waals surface area contributed by atoms with Crippen molar-refractivity contribution in [2.24, 2.45) is 0 Å². The number of hydrogen-bond acceptors (Lipinski definition) is 4. The van der Waals surface area contributed by atoms with Gasteiger partial charge in [-0.1, -0.05) is 36.4 Å². The summed E-state index contributed by atoms with van der Waals surface area (Å²) in [5, 5.41) is 12.6. The van der Waals surface area contributed by atoms with Gasteiger partial charge in [0.15, 0.2) is 0 Å². The maximum atomic E-state index is 13.0. The Bertz CT molecular complexity index is 1510. The van der Waals surface area contributed by atoms with Gasteiger partial charge in [0.2, 0.25) is 5.91 Å². The Balaban J connectivity index is 1.71. The van der Waals surface area contributed by atoms with Crippen molar-refractivity contribution in [1.82, 2.24) is 4.57 Å². The summed E-state index contributed by atoms with van der Waals surface area (Å²) in [6, 6.07) is 16.7. The van der Waals surface area contributed by atoms with Crippen molar-refractivity contribution in [3.05, 3.63) is 95.2 Å². The molecule has 1 aromatic heterocycles. The maximum absolute atomic E-state index is 13.0. The number of nitrogens with zero attached hydrogens (tertiary/aromatic N) is 1. The summed E-state index contributed by atoms with van der Waals surface area (Å²) in [6.07, 6.45) is -3.25. The molecule has 0 bridgehead atoms. The molecule has 0 aliphatic carbocycles. The summed E-state index contributed by atoms with van der Waals surface area (Å²) in [5.41, 5.74) is 0.351. The minimum atomic E-state index is -4.50. The first-order chi connectivity index (χ1) is 18.1. The Labute approximate surface area is 215 Å². The molecule has 4 aromatic rings. The van der Waals surface area contributed by atoms with Gasteiger partial charge in [0.1, 0.15) is 0 Å². The van der Waals surface area contributed by atoms with Crippen LogP contribution in [0.4, 0.5) is 18.9 Å². The van der Waals surface area contributed by atoms with Crippen LogP contribution in [0.1, 0.15) is 45.2 Å². The third-order valence-corrected chi connectivity index (χ3v) is 5.88. The number of aromatic nitrogens is 1. The molecular formula is C28H23F3N2O5. The van der Waals surface area contributed by atoms with E-state index in [9.17, 15) is 32.7 Å². The topological polar surface area (TPSA) is 97.6 Å². The number of carboxylic acids is 1. The zero-order valence-electron chi connectivity index (χ0n) is 20.2. The van der Waals surface area contributed by atoms with Gasteiger partial charge in [0, 0.05) is 23.7 Å². The Morgan fingerprint density at radius 1 is 1.00 bits per heavy atom. The number of hydrogen-bond donors (Lipinski definition) is 2. The van der Waals surface area contributed by atoms with Crippen LogP contribution < -0.4 is 5.32 Å². The van der Waals surface area contributed by atoms with Crippen LogP contribution in [0.2, 0.25) is 0 Å². The number of ether oxygens (including phenoxy) is 1. The fourth-order valence-electron chi connectivity index (χ4n) is 4.19. The molecule has 0 spiro atoms. The van der Waals surface area contributed by atoms with Gasteiger partial charge in [-0.2, -0.15) is 13.2 Å². The van der Waals surface area contributed by atoms with E-state index in [1.54, 1.807) is 41.8 Å². The fourth-order valence-corrected chi connectivity index (χ4v) is 4.19. The Kier molecular flexibility index (Phi) is 7.52. The number of anilines is 1. The molecule has 0 fully saturated rings. The fraction of sp³-hybridized carbons (Fsp3) is 0.179. The summed E-state index contributed by atoms with van der Waals surface area (Å²) < 4.78 is 45.8. The first-order valence-corrected chi connectivity index (χ1v) is 11.7. The van der Waals surface area contributed by atoms with E-state index >= 15 is 0 Å². The Morgan fingerprint density at radius 2 is 1.74 bits per heavy atom. The largest absolute Gasteiger partial charge is 0.478 e. The molecule has 0 aliphatic heterocycles. The van der Waals surface area contributed by atoms with E-state index in [4.69, 9.17) is 4.74 Å². The first-order valence-electron chi connectivity index (χ1n) is 11.7. The van der Waals surface area contributed by atoms with Gasteiger partial charge in [-0.15, -0.1) is 0 Å². The second-order valence-corrected chi connectivity index (χ2v) is 8.40. The van der Waals surface area contributed by atoms with E-state index in [1.165, 1.54) is 24.4 Å². The predicted molar refractivity (Wildman–Crippen MR) is 135 cm³/mol. The second-order valence-electron chi connectivity index (χ2n) is 8.40. The van der Waals surface area contributed by atoms with E-state index in [-0.39, 0.29) is 41.6 Å². The summed E-state index contributed by atoms with van der Waals surface area (Å²) in [6.45, 7) is 1.61. The van der Waals surface area contributed by atoms with Crippen LogP contribution in [0.25, 0.3) is 16.6 Å². The van der Waals surface area contributed by atoms with Gasteiger partial charge < -0.3 is 19.7 Å². The predicted octanol–water partition coefficient (Wildman–Crippen LogP) is 6.10. The number of aryl methyl sites for hydroxylation is 1. The number of carbonyl (C=O) groups excluding carboxylic acids is 2. The maximum Gasteiger partial charge on any atom is 0.416 e. The number of amides is 1. The lowest BCUT2D eigenvalue weighted by Crippen LogP contribution is -2.17. The van der Waals surface area contributed by atoms with Crippen molar-refractivity contribution in [2.75, 3.05) is 11.9 Å². The van der Waals surface area contributed by atoms with Gasteiger partial charge in [0.25, 0.3) is 0 Å². The Morgan fingerprint density at radius 3 is 2.39 bits per heavy atom. The quantitative estimate of drug-likeness (QED) is 0.272. The summed E-state index contributed by atoms with van der Waals surface area (Å²) >= 11 is 0. The number of halogens is 3. The van der Waals surface area contributed by atoms with Gasteiger partial charge in [-0.25, -0.2) is 9.59 Å². The highest BCUT2D eigenvalue weighted by Crippen LogP contribution is 2.34. The van der Waals surface area contributed by atoms with Crippen molar-refractivity contribution in [3.8, 4) is 5.69 Å². The highest BCUT2D eigenvalue weighted by atomic mass is 19.4. The molecule has 4 rings (SSSR count). The van der Waals surface area contributed by atoms with Crippen molar-refractivity contribution in [2.45, 2.75) is 25.9 Å². The summed E-state index contributed by atoms with van der Waals surface area (Å²) in [4.78, 5) is 37.9. The lowest BCUT2D eigenvalue weighted by atomic mass is 10.0. The molecule has 2 N–H and O–H groups in total. The van der Waals surface area contributed by atoms with E-state index in [1.807, 2.05) is 6.07 Å². The van der Waals surface area contributed by atoms with Gasteiger partial charge in [0.05, 0.1) is 34.5 Å². The van der Waals surface area contributed by atoms with E-state index in [2.05, 4.69) is 5.32 Å². The number of rotatable bonds is 8. The SMILES string of the molecule is CCOC(=O)c1c(NC(=O)CCc2cccc(C(F)(F)F)c2)ccc2c1c(C(=O)O)cn2-c1ccccc1. The lowest BCUT2D eigenvalue weighted by Gasteiger charge is -2.14. The van der Waals surface area contributed by atoms with Crippen molar-refractivity contribution in [1.29, 1.82) is 0 Å². The number of para-hydroxylation sites is 1. The molecule has 196 valence electrons. The molecule has 0 aliphatic rings. The van der Waals surface area contributed by atoms with Crippen LogP contribution in [0.5, 0.6) is 0 Å². The van der Waals surface area contributed by atoms with Gasteiger partial charge >= 0.3 is 18.1 Å². The number of aromatic carboxylic acids is 1. The molecule has 1 amide bonds. The number of carboxylic acid groups (broad SMARTS) is 1. The number of alkyl halides is 3. The number of esters is 1. The van der Waals surface area contributed by atoms with Crippen molar-refractivity contribution in [3.63, 3.8) is 0 Å². The average molecular weight is 524 g/mol. The van der Waals surface area contributed by atoms with Crippen LogP contribution in [-0.4, -0.2) is 34.1 Å². The summed E-state index contributed by atoms with van der Waals surface area (Å²) in [7, 11) is 0. The number of fused-ring (bicyclic) bond motifs is 1. The minimum Gasteiger partial charge on any atom is -0.478 e.